The number of anilines is 2. The van der Waals surface area contributed by atoms with Crippen LogP contribution in [0.15, 0.2) is 78.9 Å². The second kappa shape index (κ2) is 13.2. The van der Waals surface area contributed by atoms with Crippen LogP contribution in [0.4, 0.5) is 25.2 Å². The zero-order valence-corrected chi connectivity index (χ0v) is 27.5. The number of hydrogen-bond donors (Lipinski definition) is 2. The number of alkyl halides is 2. The van der Waals surface area contributed by atoms with Crippen LogP contribution in [0, 0.1) is 5.41 Å². The molecule has 244 valence electrons. The van der Waals surface area contributed by atoms with Crippen molar-refractivity contribution in [1.29, 1.82) is 0 Å². The van der Waals surface area contributed by atoms with Gasteiger partial charge in [-0.3, -0.25) is 14.7 Å². The van der Waals surface area contributed by atoms with Crippen LogP contribution in [0.1, 0.15) is 65.4 Å². The van der Waals surface area contributed by atoms with Crippen molar-refractivity contribution in [2.45, 2.75) is 59.7 Å². The Morgan fingerprint density at radius 3 is 2.55 bits per heavy atom. The average molecular weight is 658 g/mol. The Morgan fingerprint density at radius 2 is 1.83 bits per heavy atom. The first-order valence-electron chi connectivity index (χ1n) is 15.5. The molecule has 2 N–H and O–H groups in total. The lowest BCUT2D eigenvalue weighted by atomic mass is 9.87. The van der Waals surface area contributed by atoms with Gasteiger partial charge in [0.05, 0.1) is 26.5 Å². The smallest absolute Gasteiger partial charge is 0.410 e. The molecule has 0 aliphatic carbocycles. The monoisotopic (exact) mass is 657 g/mol. The predicted molar refractivity (Wildman–Crippen MR) is 182 cm³/mol. The normalized spacial score (nSPS) is 13.3. The molecule has 11 heteroatoms. The SMILES string of the molecule is C[C@H](N(Cc1ccc2c(c1)nc(NC(=O)c1ccc(C(F)F)s1)n2-c1ccc2c(c1)NCC2)C(=O)OCc1ccccc1)C(C)(C)C. The van der Waals surface area contributed by atoms with Gasteiger partial charge in [-0.1, -0.05) is 63.2 Å². The van der Waals surface area contributed by atoms with Gasteiger partial charge >= 0.3 is 6.09 Å². The van der Waals surface area contributed by atoms with E-state index in [0.717, 1.165) is 52.3 Å². The molecule has 6 rings (SSSR count). The maximum Gasteiger partial charge on any atom is 0.410 e. The predicted octanol–water partition coefficient (Wildman–Crippen LogP) is 8.82. The van der Waals surface area contributed by atoms with Crippen LogP contribution in [0.2, 0.25) is 0 Å². The number of carbonyl (C=O) groups excluding carboxylic acids is 2. The van der Waals surface area contributed by atoms with Gasteiger partial charge in [-0.15, -0.1) is 11.3 Å². The molecule has 0 saturated heterocycles. The lowest BCUT2D eigenvalue weighted by Gasteiger charge is -2.37. The second-order valence-corrected chi connectivity index (χ2v) is 13.9. The van der Waals surface area contributed by atoms with Crippen LogP contribution in [-0.4, -0.2) is 39.0 Å². The highest BCUT2D eigenvalue weighted by molar-refractivity contribution is 7.14. The van der Waals surface area contributed by atoms with E-state index >= 15 is 0 Å². The fraction of sp³-hybridized carbons (Fsp3) is 0.306. The van der Waals surface area contributed by atoms with Crippen molar-refractivity contribution in [3.8, 4) is 5.69 Å². The van der Waals surface area contributed by atoms with Crippen molar-refractivity contribution in [2.75, 3.05) is 17.2 Å². The van der Waals surface area contributed by atoms with Gasteiger partial charge in [-0.2, -0.15) is 0 Å². The Morgan fingerprint density at radius 1 is 1.04 bits per heavy atom. The van der Waals surface area contributed by atoms with Gasteiger partial charge in [-0.25, -0.2) is 18.6 Å². The van der Waals surface area contributed by atoms with E-state index in [1.54, 1.807) is 4.90 Å². The fourth-order valence-corrected chi connectivity index (χ4v) is 6.33. The molecule has 0 bridgehead atoms. The lowest BCUT2D eigenvalue weighted by Crippen LogP contribution is -2.45. The zero-order chi connectivity index (χ0) is 33.3. The topological polar surface area (TPSA) is 88.5 Å². The number of rotatable bonds is 9. The average Bonchev–Trinajstić information content (AvgIpc) is 3.80. The molecule has 2 amide bonds. The number of imidazole rings is 1. The first-order valence-corrected chi connectivity index (χ1v) is 16.3. The summed E-state index contributed by atoms with van der Waals surface area (Å²) in [5.74, 6) is -0.265. The number of nitrogens with zero attached hydrogens (tertiary/aromatic N) is 3. The van der Waals surface area contributed by atoms with E-state index < -0.39 is 18.4 Å². The summed E-state index contributed by atoms with van der Waals surface area (Å²) in [5, 5.41) is 6.25. The van der Waals surface area contributed by atoms with Gasteiger partial charge in [-0.05, 0) is 71.8 Å². The molecule has 47 heavy (non-hydrogen) atoms. The summed E-state index contributed by atoms with van der Waals surface area (Å²) in [6, 6.07) is 23.9. The van der Waals surface area contributed by atoms with Crippen LogP contribution in [0.5, 0.6) is 0 Å². The fourth-order valence-electron chi connectivity index (χ4n) is 5.57. The molecule has 1 atom stereocenters. The minimum atomic E-state index is -2.65. The minimum Gasteiger partial charge on any atom is -0.445 e. The van der Waals surface area contributed by atoms with Crippen molar-refractivity contribution in [3.63, 3.8) is 0 Å². The highest BCUT2D eigenvalue weighted by atomic mass is 32.1. The molecule has 1 aliphatic heterocycles. The first-order chi connectivity index (χ1) is 22.5. The quantitative estimate of drug-likeness (QED) is 0.165. The van der Waals surface area contributed by atoms with Gasteiger partial charge in [0.2, 0.25) is 5.95 Å². The zero-order valence-electron chi connectivity index (χ0n) is 26.7. The van der Waals surface area contributed by atoms with Crippen molar-refractivity contribution in [1.82, 2.24) is 14.5 Å². The lowest BCUT2D eigenvalue weighted by molar-refractivity contribution is 0.0540. The summed E-state index contributed by atoms with van der Waals surface area (Å²) in [6.07, 6.45) is -2.14. The second-order valence-electron chi connectivity index (χ2n) is 12.8. The van der Waals surface area contributed by atoms with Crippen molar-refractivity contribution < 1.29 is 23.1 Å². The Balaban J connectivity index is 1.34. The van der Waals surface area contributed by atoms with Gasteiger partial charge in [0.25, 0.3) is 12.3 Å². The highest BCUT2D eigenvalue weighted by Crippen LogP contribution is 2.33. The molecular weight excluding hydrogens is 620 g/mol. The standard InChI is InChI=1S/C36H37F2N5O3S/c1-22(36(2,3)4)42(35(45)46-21-23-8-6-5-7-9-23)20-24-10-13-29-28(18-24)40-34(41-33(44)31-15-14-30(47-31)32(37)38)43(29)26-12-11-25-16-17-39-27(25)19-26/h5-15,18-19,22,32,39H,16-17,20-21H2,1-4H3,(H,40,41,44)/t22-/m0/s1. The van der Waals surface area contributed by atoms with Crippen LogP contribution in [-0.2, 0) is 24.3 Å². The molecule has 8 nitrogen and oxygen atoms in total. The molecule has 2 aromatic heterocycles. The largest absolute Gasteiger partial charge is 0.445 e. The third-order valence-corrected chi connectivity index (χ3v) is 9.68. The Kier molecular flexibility index (Phi) is 9.01. The van der Waals surface area contributed by atoms with E-state index in [1.807, 2.05) is 72.2 Å². The number of benzene rings is 3. The summed E-state index contributed by atoms with van der Waals surface area (Å²) in [6.45, 7) is 9.55. The van der Waals surface area contributed by atoms with Crippen molar-refractivity contribution >= 4 is 46.0 Å². The van der Waals surface area contributed by atoms with Crippen LogP contribution in [0.3, 0.4) is 0 Å². The number of halogens is 2. The summed E-state index contributed by atoms with van der Waals surface area (Å²) in [5.41, 5.74) is 5.87. The molecule has 0 radical (unpaired) electrons. The maximum absolute atomic E-state index is 13.5. The third kappa shape index (κ3) is 7.00. The van der Waals surface area contributed by atoms with Crippen LogP contribution < -0.4 is 10.6 Å². The summed E-state index contributed by atoms with van der Waals surface area (Å²) < 4.78 is 34.1. The van der Waals surface area contributed by atoms with E-state index in [9.17, 15) is 18.4 Å². The van der Waals surface area contributed by atoms with Gasteiger partial charge in [0, 0.05) is 24.8 Å². The number of ether oxygens (including phenoxy) is 1. The Labute approximate surface area is 276 Å². The molecule has 0 fully saturated rings. The molecule has 0 unspecified atom stereocenters. The molecule has 3 aromatic carbocycles. The third-order valence-electron chi connectivity index (χ3n) is 8.58. The van der Waals surface area contributed by atoms with Gasteiger partial charge in [0.15, 0.2) is 0 Å². The summed E-state index contributed by atoms with van der Waals surface area (Å²) >= 11 is 0.754. The molecule has 0 saturated carbocycles. The number of carbonyl (C=O) groups is 2. The van der Waals surface area contributed by atoms with Crippen LogP contribution in [0.25, 0.3) is 16.7 Å². The number of thiophene rings is 1. The van der Waals surface area contributed by atoms with Crippen molar-refractivity contribution in [3.05, 3.63) is 105 Å². The Bertz CT molecular complexity index is 1920. The molecule has 3 heterocycles. The van der Waals surface area contributed by atoms with Crippen LogP contribution >= 0.6 is 11.3 Å². The summed E-state index contributed by atoms with van der Waals surface area (Å²) in [4.78, 5) is 33.3. The number of fused-ring (bicyclic) bond motifs is 2. The Hall–Kier alpha value is -4.77. The van der Waals surface area contributed by atoms with E-state index in [4.69, 9.17) is 9.72 Å². The summed E-state index contributed by atoms with van der Waals surface area (Å²) in [7, 11) is 0. The van der Waals surface area contributed by atoms with E-state index in [0.29, 0.717) is 5.52 Å². The number of hydrogen-bond acceptors (Lipinski definition) is 6. The first kappa shape index (κ1) is 32.2. The van der Waals surface area contributed by atoms with Gasteiger partial charge in [0.1, 0.15) is 6.61 Å². The van der Waals surface area contributed by atoms with E-state index in [2.05, 4.69) is 37.5 Å². The highest BCUT2D eigenvalue weighted by Gasteiger charge is 2.31. The number of amides is 2. The van der Waals surface area contributed by atoms with Gasteiger partial charge < -0.3 is 15.0 Å². The van der Waals surface area contributed by atoms with Crippen molar-refractivity contribution in [2.24, 2.45) is 5.41 Å². The van der Waals surface area contributed by atoms with E-state index in [-0.39, 0.29) is 40.3 Å². The number of aromatic nitrogens is 2. The number of nitrogens with one attached hydrogen (secondary N) is 2. The molecule has 1 aliphatic rings. The molecule has 0 spiro atoms. The molecular formula is C36H37F2N5O3S. The van der Waals surface area contributed by atoms with E-state index in [1.165, 1.54) is 17.7 Å². The molecule has 5 aromatic rings. The maximum atomic E-state index is 13.5. The minimum absolute atomic E-state index is 0.156.